The average molecular weight is 387 g/mol. The molecule has 0 unspecified atom stereocenters. The third-order valence-corrected chi connectivity index (χ3v) is 5.91. The van der Waals surface area contributed by atoms with Gasteiger partial charge in [0.15, 0.2) is 5.82 Å². The summed E-state index contributed by atoms with van der Waals surface area (Å²) in [6.07, 6.45) is 0. The van der Waals surface area contributed by atoms with Gasteiger partial charge >= 0.3 is 0 Å². The Kier molecular flexibility index (Phi) is 5.30. The molecule has 2 aromatic heterocycles. The van der Waals surface area contributed by atoms with E-state index < -0.39 is 0 Å². The van der Waals surface area contributed by atoms with E-state index in [0.29, 0.717) is 0 Å². The fourth-order valence-corrected chi connectivity index (χ4v) is 4.43. The zero-order valence-corrected chi connectivity index (χ0v) is 17.5. The largest absolute Gasteiger partial charge is 0.273 e. The van der Waals surface area contributed by atoms with Gasteiger partial charge in [-0.3, -0.25) is 9.56 Å². The van der Waals surface area contributed by atoms with Crippen molar-refractivity contribution in [3.8, 4) is 5.00 Å². The second-order valence-corrected chi connectivity index (χ2v) is 7.70. The fraction of sp³-hybridized carbons (Fsp3) is 0.350. The van der Waals surface area contributed by atoms with E-state index in [2.05, 4.69) is 35.5 Å². The quantitative estimate of drug-likeness (QED) is 0.526. The highest BCUT2D eigenvalue weighted by molar-refractivity contribution is 7.15. The van der Waals surface area contributed by atoms with Crippen LogP contribution in [0.1, 0.15) is 60.0 Å². The molecule has 6 heteroatoms. The van der Waals surface area contributed by atoms with E-state index in [4.69, 9.17) is 16.6 Å². The van der Waals surface area contributed by atoms with Gasteiger partial charge in [-0.25, -0.2) is 0 Å². The van der Waals surface area contributed by atoms with Crippen LogP contribution in [0, 0.1) is 20.8 Å². The Morgan fingerprint density at radius 3 is 2.35 bits per heavy atom. The van der Waals surface area contributed by atoms with Crippen LogP contribution in [-0.4, -0.2) is 20.5 Å². The minimum Gasteiger partial charge on any atom is -0.273 e. The zero-order chi connectivity index (χ0) is 19.0. The maximum absolute atomic E-state index is 6.06. The number of aromatic nitrogens is 3. The fourth-order valence-electron chi connectivity index (χ4n) is 3.09. The normalized spacial score (nSPS) is 15.3. The highest BCUT2D eigenvalue weighted by atomic mass is 35.5. The minimum atomic E-state index is -0.0591. The third kappa shape index (κ3) is 2.99. The molecule has 1 aliphatic heterocycles. The molecule has 0 saturated heterocycles. The first kappa shape index (κ1) is 18.8. The molecule has 136 valence electrons. The molecule has 0 radical (unpaired) electrons. The Hall–Kier alpha value is -1.98. The summed E-state index contributed by atoms with van der Waals surface area (Å²) in [6, 6.07) is 7.83. The molecule has 1 aromatic carbocycles. The first-order valence-corrected chi connectivity index (χ1v) is 10.0. The molecule has 0 bridgehead atoms. The van der Waals surface area contributed by atoms with E-state index in [0.717, 1.165) is 32.9 Å². The van der Waals surface area contributed by atoms with Crippen LogP contribution in [0.5, 0.6) is 0 Å². The molecule has 0 aliphatic carbocycles. The number of rotatable bonds is 1. The zero-order valence-electron chi connectivity index (χ0n) is 16.0. The predicted molar refractivity (Wildman–Crippen MR) is 110 cm³/mol. The molecule has 4 rings (SSSR count). The summed E-state index contributed by atoms with van der Waals surface area (Å²) in [4.78, 5) is 6.29. The van der Waals surface area contributed by atoms with Gasteiger partial charge in [-0.05, 0) is 45.4 Å². The summed E-state index contributed by atoms with van der Waals surface area (Å²) in [6.45, 7) is 12.4. The van der Waals surface area contributed by atoms with E-state index in [1.54, 1.807) is 11.3 Å². The number of aliphatic imine (C=N–C) groups is 1. The monoisotopic (exact) mass is 386 g/mol. The van der Waals surface area contributed by atoms with Crippen molar-refractivity contribution >= 4 is 28.6 Å². The van der Waals surface area contributed by atoms with E-state index in [9.17, 15) is 0 Å². The molecule has 0 N–H and O–H groups in total. The van der Waals surface area contributed by atoms with Crippen LogP contribution in [0.2, 0.25) is 5.02 Å². The lowest BCUT2D eigenvalue weighted by atomic mass is 10.00. The smallest absolute Gasteiger partial charge is 0.162 e. The lowest BCUT2D eigenvalue weighted by Crippen LogP contribution is -2.07. The average Bonchev–Trinajstić information content (AvgIpc) is 3.12. The van der Waals surface area contributed by atoms with Gasteiger partial charge in [0.2, 0.25) is 0 Å². The molecule has 0 amide bonds. The number of hydrogen-bond donors (Lipinski definition) is 0. The molecule has 0 spiro atoms. The first-order valence-electron chi connectivity index (χ1n) is 8.83. The Morgan fingerprint density at radius 1 is 1.04 bits per heavy atom. The van der Waals surface area contributed by atoms with Gasteiger partial charge in [0.25, 0.3) is 0 Å². The van der Waals surface area contributed by atoms with E-state index in [1.807, 2.05) is 45.0 Å². The second kappa shape index (κ2) is 7.33. The molecule has 4 nitrogen and oxygen atoms in total. The SMILES string of the molecule is CC.Cc1sc2c(c1C)C(c1ccc(Cl)cc1)=N[C@@H](C)c1nnc(C)n1-2. The Bertz CT molecular complexity index is 967. The second-order valence-electron chi connectivity index (χ2n) is 6.06. The minimum absolute atomic E-state index is 0.0591. The van der Waals surface area contributed by atoms with Crippen molar-refractivity contribution in [1.82, 2.24) is 14.8 Å². The molecule has 0 saturated carbocycles. The Balaban J connectivity index is 0.000000948. The van der Waals surface area contributed by atoms with E-state index >= 15 is 0 Å². The lowest BCUT2D eigenvalue weighted by molar-refractivity contribution is 0.724. The van der Waals surface area contributed by atoms with Crippen molar-refractivity contribution in [1.29, 1.82) is 0 Å². The molecular weight excluding hydrogens is 364 g/mol. The maximum atomic E-state index is 6.06. The number of benzene rings is 1. The number of thiophene rings is 1. The molecule has 26 heavy (non-hydrogen) atoms. The molecule has 1 aliphatic rings. The van der Waals surface area contributed by atoms with Crippen LogP contribution in [0.4, 0.5) is 0 Å². The van der Waals surface area contributed by atoms with Crippen molar-refractivity contribution in [2.45, 2.75) is 47.6 Å². The number of fused-ring (bicyclic) bond motifs is 3. The van der Waals surface area contributed by atoms with Crippen molar-refractivity contribution in [2.24, 2.45) is 4.99 Å². The summed E-state index contributed by atoms with van der Waals surface area (Å²) in [7, 11) is 0. The Morgan fingerprint density at radius 2 is 1.69 bits per heavy atom. The first-order chi connectivity index (χ1) is 12.5. The van der Waals surface area contributed by atoms with Crippen LogP contribution in [0.3, 0.4) is 0 Å². The molecule has 3 aromatic rings. The van der Waals surface area contributed by atoms with Crippen LogP contribution in [0.25, 0.3) is 5.00 Å². The van der Waals surface area contributed by atoms with E-state index in [1.165, 1.54) is 16.0 Å². The van der Waals surface area contributed by atoms with Gasteiger partial charge in [-0.1, -0.05) is 37.6 Å². The number of aryl methyl sites for hydroxylation is 2. The van der Waals surface area contributed by atoms with Crippen LogP contribution >= 0.6 is 22.9 Å². The summed E-state index contributed by atoms with van der Waals surface area (Å²) < 4.78 is 2.15. The van der Waals surface area contributed by atoms with Gasteiger partial charge in [0, 0.05) is 21.0 Å². The maximum Gasteiger partial charge on any atom is 0.162 e. The highest BCUT2D eigenvalue weighted by Gasteiger charge is 2.29. The van der Waals surface area contributed by atoms with Crippen LogP contribution < -0.4 is 0 Å². The summed E-state index contributed by atoms with van der Waals surface area (Å²) in [5.74, 6) is 1.78. The van der Waals surface area contributed by atoms with Crippen molar-refractivity contribution < 1.29 is 0 Å². The van der Waals surface area contributed by atoms with Crippen molar-refractivity contribution in [3.05, 3.63) is 62.5 Å². The van der Waals surface area contributed by atoms with Crippen molar-refractivity contribution in [3.63, 3.8) is 0 Å². The Labute approximate surface area is 163 Å². The lowest BCUT2D eigenvalue weighted by Gasteiger charge is -2.09. The molecular formula is C20H23ClN4S. The van der Waals surface area contributed by atoms with Gasteiger partial charge in [-0.2, -0.15) is 0 Å². The van der Waals surface area contributed by atoms with Gasteiger partial charge in [-0.15, -0.1) is 21.5 Å². The van der Waals surface area contributed by atoms with Gasteiger partial charge < -0.3 is 0 Å². The third-order valence-electron chi connectivity index (χ3n) is 4.47. The van der Waals surface area contributed by atoms with E-state index in [-0.39, 0.29) is 6.04 Å². The topological polar surface area (TPSA) is 43.1 Å². The van der Waals surface area contributed by atoms with Crippen molar-refractivity contribution in [2.75, 3.05) is 0 Å². The predicted octanol–water partition coefficient (Wildman–Crippen LogP) is 5.85. The molecule has 1 atom stereocenters. The highest BCUT2D eigenvalue weighted by Crippen LogP contribution is 2.38. The summed E-state index contributed by atoms with van der Waals surface area (Å²) in [5, 5.41) is 10.5. The molecule has 3 heterocycles. The number of nitrogens with zero attached hydrogens (tertiary/aromatic N) is 4. The number of hydrogen-bond acceptors (Lipinski definition) is 4. The van der Waals surface area contributed by atoms with Crippen LogP contribution in [0.15, 0.2) is 29.3 Å². The standard InChI is InChI=1S/C18H17ClN4S.C2H6/c1-9-11(3)24-18-15(9)16(13-5-7-14(19)8-6-13)20-10(2)17-22-21-12(4)23(17)18;1-2/h5-8,10H,1-4H3;1-2H3/t10-;/m0./s1. The van der Waals surface area contributed by atoms with Crippen LogP contribution in [-0.2, 0) is 0 Å². The molecule has 0 fully saturated rings. The van der Waals surface area contributed by atoms with Gasteiger partial charge in [0.05, 0.1) is 5.71 Å². The summed E-state index contributed by atoms with van der Waals surface area (Å²) in [5.41, 5.74) is 4.51. The van der Waals surface area contributed by atoms with Gasteiger partial charge in [0.1, 0.15) is 16.9 Å². The summed E-state index contributed by atoms with van der Waals surface area (Å²) >= 11 is 7.83. The number of halogens is 1.